The summed E-state index contributed by atoms with van der Waals surface area (Å²) in [6.45, 7) is -0.469. The summed E-state index contributed by atoms with van der Waals surface area (Å²) >= 11 is 0. The minimum absolute atomic E-state index is 0.0290. The van der Waals surface area contributed by atoms with Gasteiger partial charge in [-0.1, -0.05) is 18.2 Å². The van der Waals surface area contributed by atoms with E-state index in [4.69, 9.17) is 0 Å². The molecule has 1 aliphatic rings. The summed E-state index contributed by atoms with van der Waals surface area (Å²) in [6, 6.07) is 7.19. The van der Waals surface area contributed by atoms with E-state index in [-0.39, 0.29) is 31.3 Å². The van der Waals surface area contributed by atoms with Crippen molar-refractivity contribution in [1.29, 1.82) is 0 Å². The third kappa shape index (κ3) is 5.23. The fourth-order valence-corrected chi connectivity index (χ4v) is 2.70. The minimum Gasteiger partial charge on any atom is -0.356 e. The van der Waals surface area contributed by atoms with Gasteiger partial charge in [0.15, 0.2) is 0 Å². The Morgan fingerprint density at radius 3 is 2.75 bits per heavy atom. The standard InChI is InChI=1S/C16H20F3N3O2/c1-22(10-16(17,18)19)8-4-7-20-14(23)9-12-11-5-2-3-6-13(11)21-15(12)24/h2-3,5-6,12H,4,7-10H2,1H3,(H,20,23)(H,21,24). The molecule has 1 unspecified atom stereocenters. The Morgan fingerprint density at radius 1 is 1.33 bits per heavy atom. The van der Waals surface area contributed by atoms with Gasteiger partial charge in [-0.25, -0.2) is 0 Å². The Bertz CT molecular complexity index is 604. The second-order valence-electron chi connectivity index (χ2n) is 5.89. The molecule has 1 heterocycles. The topological polar surface area (TPSA) is 61.4 Å². The quantitative estimate of drug-likeness (QED) is 0.746. The van der Waals surface area contributed by atoms with Gasteiger partial charge >= 0.3 is 6.18 Å². The van der Waals surface area contributed by atoms with Gasteiger partial charge in [0.05, 0.1) is 12.5 Å². The van der Waals surface area contributed by atoms with E-state index in [0.717, 1.165) is 10.5 Å². The van der Waals surface area contributed by atoms with Crippen molar-refractivity contribution in [2.24, 2.45) is 0 Å². The number of benzene rings is 1. The van der Waals surface area contributed by atoms with Crippen LogP contribution in [0.15, 0.2) is 24.3 Å². The van der Waals surface area contributed by atoms with Crippen LogP contribution in [0.4, 0.5) is 18.9 Å². The van der Waals surface area contributed by atoms with Gasteiger partial charge in [-0.2, -0.15) is 13.2 Å². The van der Waals surface area contributed by atoms with Gasteiger partial charge in [-0.3, -0.25) is 14.5 Å². The summed E-state index contributed by atoms with van der Waals surface area (Å²) in [5, 5.41) is 5.38. The van der Waals surface area contributed by atoms with E-state index in [0.29, 0.717) is 12.1 Å². The number of rotatable bonds is 7. The van der Waals surface area contributed by atoms with E-state index >= 15 is 0 Å². The number of para-hydroxylation sites is 1. The number of carbonyl (C=O) groups is 2. The molecular weight excluding hydrogens is 323 g/mol. The Kier molecular flexibility index (Phi) is 5.82. The monoisotopic (exact) mass is 343 g/mol. The number of anilines is 1. The molecule has 0 aromatic heterocycles. The van der Waals surface area contributed by atoms with Crippen molar-refractivity contribution in [3.05, 3.63) is 29.8 Å². The lowest BCUT2D eigenvalue weighted by atomic mass is 9.97. The van der Waals surface area contributed by atoms with Crippen LogP contribution in [0.3, 0.4) is 0 Å². The highest BCUT2D eigenvalue weighted by Crippen LogP contribution is 2.34. The molecule has 0 radical (unpaired) electrons. The van der Waals surface area contributed by atoms with Crippen LogP contribution in [0.5, 0.6) is 0 Å². The highest BCUT2D eigenvalue weighted by Gasteiger charge is 2.32. The number of alkyl halides is 3. The summed E-state index contributed by atoms with van der Waals surface area (Å²) < 4.78 is 36.5. The van der Waals surface area contributed by atoms with Crippen LogP contribution in [0, 0.1) is 0 Å². The van der Waals surface area contributed by atoms with Crippen LogP contribution < -0.4 is 10.6 Å². The number of carbonyl (C=O) groups excluding carboxylic acids is 2. The van der Waals surface area contributed by atoms with Crippen LogP contribution in [-0.2, 0) is 9.59 Å². The first-order valence-electron chi connectivity index (χ1n) is 7.68. The Hall–Kier alpha value is -2.09. The van der Waals surface area contributed by atoms with Crippen LogP contribution in [0.1, 0.15) is 24.3 Å². The average molecular weight is 343 g/mol. The first kappa shape index (κ1) is 18.3. The maximum atomic E-state index is 12.2. The number of nitrogens with zero attached hydrogens (tertiary/aromatic N) is 1. The SMILES string of the molecule is CN(CCCNC(=O)CC1C(=O)Nc2ccccc21)CC(F)(F)F. The van der Waals surface area contributed by atoms with E-state index in [1.165, 1.54) is 7.05 Å². The molecule has 2 amide bonds. The molecule has 8 heteroatoms. The lowest BCUT2D eigenvalue weighted by Gasteiger charge is -2.18. The fourth-order valence-electron chi connectivity index (χ4n) is 2.70. The third-order valence-corrected chi connectivity index (χ3v) is 3.79. The maximum Gasteiger partial charge on any atom is 0.401 e. The van der Waals surface area contributed by atoms with Crippen molar-refractivity contribution in [2.45, 2.75) is 24.9 Å². The molecule has 132 valence electrons. The zero-order valence-corrected chi connectivity index (χ0v) is 13.3. The van der Waals surface area contributed by atoms with Gasteiger partial charge in [-0.05, 0) is 31.6 Å². The molecule has 0 aliphatic carbocycles. The van der Waals surface area contributed by atoms with Crippen molar-refractivity contribution >= 4 is 17.5 Å². The second kappa shape index (κ2) is 7.65. The Labute approximate surface area is 138 Å². The molecule has 0 saturated carbocycles. The van der Waals surface area contributed by atoms with Gasteiger partial charge < -0.3 is 10.6 Å². The van der Waals surface area contributed by atoms with Gasteiger partial charge in [0.25, 0.3) is 0 Å². The van der Waals surface area contributed by atoms with E-state index < -0.39 is 18.6 Å². The molecule has 0 saturated heterocycles. The summed E-state index contributed by atoms with van der Waals surface area (Å²) in [5.74, 6) is -1.02. The van der Waals surface area contributed by atoms with Crippen LogP contribution in [0.25, 0.3) is 0 Å². The largest absolute Gasteiger partial charge is 0.401 e. The van der Waals surface area contributed by atoms with Crippen LogP contribution >= 0.6 is 0 Å². The molecular formula is C16H20F3N3O2. The molecule has 1 aliphatic heterocycles. The highest BCUT2D eigenvalue weighted by atomic mass is 19.4. The average Bonchev–Trinajstić information content (AvgIpc) is 2.78. The highest BCUT2D eigenvalue weighted by molar-refractivity contribution is 6.04. The van der Waals surface area contributed by atoms with Gasteiger partial charge in [0.2, 0.25) is 11.8 Å². The molecule has 2 N–H and O–H groups in total. The molecule has 2 rings (SSSR count). The summed E-state index contributed by atoms with van der Waals surface area (Å²) in [6.07, 6.45) is -3.78. The summed E-state index contributed by atoms with van der Waals surface area (Å²) in [4.78, 5) is 25.0. The molecule has 1 aromatic rings. The molecule has 1 atom stereocenters. The Balaban J connectivity index is 1.72. The van der Waals surface area contributed by atoms with Gasteiger partial charge in [0, 0.05) is 18.7 Å². The van der Waals surface area contributed by atoms with E-state index in [2.05, 4.69) is 10.6 Å². The fraction of sp³-hybridized carbons (Fsp3) is 0.500. The first-order valence-corrected chi connectivity index (χ1v) is 7.68. The van der Waals surface area contributed by atoms with Gasteiger partial charge in [-0.15, -0.1) is 0 Å². The molecule has 0 bridgehead atoms. The number of nitrogens with one attached hydrogen (secondary N) is 2. The molecule has 1 aromatic carbocycles. The first-order chi connectivity index (χ1) is 11.3. The van der Waals surface area contributed by atoms with E-state index in [9.17, 15) is 22.8 Å². The molecule has 0 fully saturated rings. The predicted molar refractivity (Wildman–Crippen MR) is 83.6 cm³/mol. The Morgan fingerprint density at radius 2 is 2.04 bits per heavy atom. The maximum absolute atomic E-state index is 12.2. The van der Waals surface area contributed by atoms with E-state index in [1.54, 1.807) is 24.3 Å². The molecule has 0 spiro atoms. The van der Waals surface area contributed by atoms with Crippen LogP contribution in [0.2, 0.25) is 0 Å². The predicted octanol–water partition coefficient (Wildman–Crippen LogP) is 2.11. The van der Waals surface area contributed by atoms with Crippen molar-refractivity contribution in [2.75, 3.05) is 32.0 Å². The third-order valence-electron chi connectivity index (χ3n) is 3.79. The smallest absolute Gasteiger partial charge is 0.356 e. The van der Waals surface area contributed by atoms with Crippen molar-refractivity contribution in [1.82, 2.24) is 10.2 Å². The summed E-state index contributed by atoms with van der Waals surface area (Å²) in [5.41, 5.74) is 1.51. The molecule has 5 nitrogen and oxygen atoms in total. The lowest BCUT2D eigenvalue weighted by Crippen LogP contribution is -2.34. The zero-order valence-electron chi connectivity index (χ0n) is 13.3. The van der Waals surface area contributed by atoms with Crippen molar-refractivity contribution in [3.63, 3.8) is 0 Å². The number of fused-ring (bicyclic) bond motifs is 1. The number of amides is 2. The molecule has 24 heavy (non-hydrogen) atoms. The van der Waals surface area contributed by atoms with Gasteiger partial charge in [0.1, 0.15) is 0 Å². The van der Waals surface area contributed by atoms with E-state index in [1.807, 2.05) is 0 Å². The number of hydrogen-bond acceptors (Lipinski definition) is 3. The van der Waals surface area contributed by atoms with Crippen molar-refractivity contribution < 1.29 is 22.8 Å². The number of hydrogen-bond donors (Lipinski definition) is 2. The second-order valence-corrected chi connectivity index (χ2v) is 5.89. The normalized spacial score (nSPS) is 16.9. The van der Waals surface area contributed by atoms with Crippen molar-refractivity contribution in [3.8, 4) is 0 Å². The summed E-state index contributed by atoms with van der Waals surface area (Å²) in [7, 11) is 1.38. The van der Waals surface area contributed by atoms with Crippen LogP contribution in [-0.4, -0.2) is 49.6 Å². The lowest BCUT2D eigenvalue weighted by molar-refractivity contribution is -0.143. The number of halogens is 3. The zero-order chi connectivity index (χ0) is 17.7. The minimum atomic E-state index is -4.22.